The maximum absolute atomic E-state index is 12.7. The third-order valence-corrected chi connectivity index (χ3v) is 5.26. The van der Waals surface area contributed by atoms with Crippen molar-refractivity contribution in [3.8, 4) is 11.5 Å². The van der Waals surface area contributed by atoms with Crippen molar-refractivity contribution in [1.29, 1.82) is 0 Å². The summed E-state index contributed by atoms with van der Waals surface area (Å²) in [5, 5.41) is 5.92. The van der Waals surface area contributed by atoms with E-state index in [0.29, 0.717) is 25.4 Å². The molecule has 1 atom stereocenters. The average Bonchev–Trinajstić information content (AvgIpc) is 2.80. The Labute approximate surface area is 183 Å². The molecule has 2 amide bonds. The number of nitrogens with zero attached hydrogens (tertiary/aromatic N) is 1. The zero-order valence-electron chi connectivity index (χ0n) is 18.2. The molecule has 0 saturated heterocycles. The molecule has 0 aliphatic carbocycles. The summed E-state index contributed by atoms with van der Waals surface area (Å²) in [5.74, 6) is 1.10. The van der Waals surface area contributed by atoms with Crippen LogP contribution in [0.1, 0.15) is 26.7 Å². The summed E-state index contributed by atoms with van der Waals surface area (Å²) in [6, 6.07) is 17.1. The van der Waals surface area contributed by atoms with E-state index in [1.165, 1.54) is 0 Å². The van der Waals surface area contributed by atoms with Crippen LogP contribution in [0.25, 0.3) is 0 Å². The number of hydrogen-bond acceptors (Lipinski definition) is 5. The van der Waals surface area contributed by atoms with Gasteiger partial charge in [-0.05, 0) is 37.1 Å². The van der Waals surface area contributed by atoms with Gasteiger partial charge >= 0.3 is 0 Å². The van der Waals surface area contributed by atoms with Crippen LogP contribution in [0.4, 0.5) is 5.69 Å². The lowest BCUT2D eigenvalue weighted by molar-refractivity contribution is -0.129. The summed E-state index contributed by atoms with van der Waals surface area (Å²) in [5.41, 5.74) is 0.810. The molecule has 1 unspecified atom stereocenters. The van der Waals surface area contributed by atoms with Crippen molar-refractivity contribution in [3.63, 3.8) is 0 Å². The van der Waals surface area contributed by atoms with Crippen LogP contribution in [0.2, 0.25) is 0 Å². The smallest absolute Gasteiger partial charge is 0.263 e. The van der Waals surface area contributed by atoms with Crippen LogP contribution in [0, 0.1) is 0 Å². The van der Waals surface area contributed by atoms with Crippen LogP contribution < -0.4 is 25.0 Å². The molecule has 2 aromatic rings. The van der Waals surface area contributed by atoms with Gasteiger partial charge in [0.05, 0.1) is 25.3 Å². The maximum Gasteiger partial charge on any atom is 0.263 e. The van der Waals surface area contributed by atoms with Gasteiger partial charge in [-0.15, -0.1) is 0 Å². The average molecular weight is 426 g/mol. The van der Waals surface area contributed by atoms with Gasteiger partial charge in [-0.3, -0.25) is 9.59 Å². The molecule has 0 fully saturated rings. The quantitative estimate of drug-likeness (QED) is 0.572. The molecule has 166 valence electrons. The van der Waals surface area contributed by atoms with Gasteiger partial charge in [0, 0.05) is 6.04 Å². The Balaban J connectivity index is 1.55. The van der Waals surface area contributed by atoms with Crippen molar-refractivity contribution in [2.75, 3.05) is 31.1 Å². The van der Waals surface area contributed by atoms with E-state index in [2.05, 4.69) is 10.6 Å². The van der Waals surface area contributed by atoms with Crippen LogP contribution in [0.15, 0.2) is 54.6 Å². The lowest BCUT2D eigenvalue weighted by Gasteiger charge is -2.35. The van der Waals surface area contributed by atoms with Gasteiger partial charge in [0.25, 0.3) is 5.91 Å². The predicted octanol–water partition coefficient (Wildman–Crippen LogP) is 2.75. The van der Waals surface area contributed by atoms with E-state index < -0.39 is 6.10 Å². The fraction of sp³-hybridized carbons (Fsp3) is 0.417. The van der Waals surface area contributed by atoms with Crippen molar-refractivity contribution in [3.05, 3.63) is 54.6 Å². The molecule has 0 bridgehead atoms. The Kier molecular flexibility index (Phi) is 8.15. The highest BCUT2D eigenvalue weighted by Crippen LogP contribution is 2.32. The van der Waals surface area contributed by atoms with E-state index in [-0.39, 0.29) is 24.4 Å². The number of rotatable bonds is 10. The number of nitrogens with one attached hydrogen (secondary N) is 2. The molecule has 7 nitrogen and oxygen atoms in total. The van der Waals surface area contributed by atoms with Gasteiger partial charge in [0.2, 0.25) is 5.91 Å². The predicted molar refractivity (Wildman–Crippen MR) is 121 cm³/mol. The molecule has 2 N–H and O–H groups in total. The Morgan fingerprint density at radius 2 is 1.81 bits per heavy atom. The highest BCUT2D eigenvalue weighted by Gasteiger charge is 2.32. The second-order valence-electron chi connectivity index (χ2n) is 7.49. The van der Waals surface area contributed by atoms with Crippen molar-refractivity contribution >= 4 is 17.5 Å². The van der Waals surface area contributed by atoms with Crippen molar-refractivity contribution < 1.29 is 19.1 Å². The summed E-state index contributed by atoms with van der Waals surface area (Å²) in [4.78, 5) is 27.2. The monoisotopic (exact) mass is 425 g/mol. The fourth-order valence-corrected chi connectivity index (χ4v) is 3.49. The number of hydrogen-bond donors (Lipinski definition) is 2. The van der Waals surface area contributed by atoms with Crippen LogP contribution in [0.3, 0.4) is 0 Å². The van der Waals surface area contributed by atoms with E-state index in [1.54, 1.807) is 0 Å². The second kappa shape index (κ2) is 11.2. The Hall–Kier alpha value is -3.22. The van der Waals surface area contributed by atoms with Crippen LogP contribution >= 0.6 is 0 Å². The number of amides is 2. The van der Waals surface area contributed by atoms with Gasteiger partial charge < -0.3 is 25.0 Å². The first-order chi connectivity index (χ1) is 15.1. The number of carbonyl (C=O) groups excluding carboxylic acids is 2. The first-order valence-corrected chi connectivity index (χ1v) is 10.9. The Morgan fingerprint density at radius 1 is 1.10 bits per heavy atom. The molecule has 2 aromatic carbocycles. The van der Waals surface area contributed by atoms with Crippen LogP contribution in [-0.4, -0.2) is 50.2 Å². The Morgan fingerprint density at radius 3 is 2.55 bits per heavy atom. The summed E-state index contributed by atoms with van der Waals surface area (Å²) >= 11 is 0. The lowest BCUT2D eigenvalue weighted by atomic mass is 10.1. The number of fused-ring (bicyclic) bond motifs is 1. The summed E-state index contributed by atoms with van der Waals surface area (Å²) < 4.78 is 11.5. The standard InChI is InChI=1S/C24H31N3O4/c1-3-18(4-2)26-24(29)22-16-27(20-12-8-9-13-21(20)31-22)17-23(28)25-14-15-30-19-10-6-5-7-11-19/h5-13,18,22H,3-4,14-17H2,1-2H3,(H,25,28)(H,26,29). The fourth-order valence-electron chi connectivity index (χ4n) is 3.49. The van der Waals surface area contributed by atoms with E-state index in [4.69, 9.17) is 9.47 Å². The molecule has 7 heteroatoms. The van der Waals surface area contributed by atoms with Crippen molar-refractivity contribution in [2.24, 2.45) is 0 Å². The number of para-hydroxylation sites is 3. The largest absolute Gasteiger partial charge is 0.492 e. The van der Waals surface area contributed by atoms with E-state index in [1.807, 2.05) is 73.3 Å². The molecule has 31 heavy (non-hydrogen) atoms. The van der Waals surface area contributed by atoms with E-state index in [9.17, 15) is 9.59 Å². The first kappa shape index (κ1) is 22.5. The van der Waals surface area contributed by atoms with Gasteiger partial charge in [-0.25, -0.2) is 0 Å². The van der Waals surface area contributed by atoms with Crippen molar-refractivity contribution in [2.45, 2.75) is 38.8 Å². The molecule has 3 rings (SSSR count). The van der Waals surface area contributed by atoms with Gasteiger partial charge in [0.1, 0.15) is 18.1 Å². The molecule has 0 radical (unpaired) electrons. The van der Waals surface area contributed by atoms with E-state index >= 15 is 0 Å². The number of benzene rings is 2. The van der Waals surface area contributed by atoms with Crippen molar-refractivity contribution in [1.82, 2.24) is 10.6 Å². The molecular weight excluding hydrogens is 394 g/mol. The topological polar surface area (TPSA) is 79.9 Å². The maximum atomic E-state index is 12.7. The third-order valence-electron chi connectivity index (χ3n) is 5.26. The highest BCUT2D eigenvalue weighted by molar-refractivity contribution is 5.86. The van der Waals surface area contributed by atoms with Gasteiger partial charge in [-0.2, -0.15) is 0 Å². The minimum atomic E-state index is -0.662. The SMILES string of the molecule is CCC(CC)NC(=O)C1CN(CC(=O)NCCOc2ccccc2)c2ccccc2O1. The second-order valence-corrected chi connectivity index (χ2v) is 7.49. The normalized spacial score (nSPS) is 15.1. The number of carbonyl (C=O) groups is 2. The van der Waals surface area contributed by atoms with Crippen LogP contribution in [0.5, 0.6) is 11.5 Å². The summed E-state index contributed by atoms with van der Waals surface area (Å²) in [6.07, 6.45) is 1.07. The zero-order chi connectivity index (χ0) is 22.1. The van der Waals surface area contributed by atoms with Gasteiger partial charge in [-0.1, -0.05) is 44.2 Å². The molecule has 1 aliphatic rings. The first-order valence-electron chi connectivity index (χ1n) is 10.9. The number of anilines is 1. The minimum Gasteiger partial charge on any atom is -0.492 e. The lowest BCUT2D eigenvalue weighted by Crippen LogP contribution is -2.52. The van der Waals surface area contributed by atoms with E-state index in [0.717, 1.165) is 24.3 Å². The molecule has 0 saturated carbocycles. The molecule has 1 heterocycles. The zero-order valence-corrected chi connectivity index (χ0v) is 18.2. The summed E-state index contributed by atoms with van der Waals surface area (Å²) in [7, 11) is 0. The van der Waals surface area contributed by atoms with Crippen LogP contribution in [-0.2, 0) is 9.59 Å². The number of ether oxygens (including phenoxy) is 2. The third kappa shape index (κ3) is 6.38. The summed E-state index contributed by atoms with van der Waals surface area (Å²) in [6.45, 7) is 5.33. The minimum absolute atomic E-state index is 0.120. The Bertz CT molecular complexity index is 855. The van der Waals surface area contributed by atoms with Gasteiger partial charge in [0.15, 0.2) is 6.10 Å². The molecule has 0 aromatic heterocycles. The molecule has 0 spiro atoms. The molecular formula is C24H31N3O4. The highest BCUT2D eigenvalue weighted by atomic mass is 16.5. The molecule has 1 aliphatic heterocycles.